The predicted molar refractivity (Wildman–Crippen MR) is 99.1 cm³/mol. The van der Waals surface area contributed by atoms with Crippen LogP contribution in [0.3, 0.4) is 0 Å². The molecule has 0 radical (unpaired) electrons. The van der Waals surface area contributed by atoms with E-state index in [1.807, 2.05) is 52.4 Å². The molecule has 0 saturated heterocycles. The summed E-state index contributed by atoms with van der Waals surface area (Å²) in [5.41, 5.74) is 3.47. The van der Waals surface area contributed by atoms with Crippen molar-refractivity contribution in [2.75, 3.05) is 6.54 Å². The summed E-state index contributed by atoms with van der Waals surface area (Å²) in [6.45, 7) is 2.36. The Kier molecular flexibility index (Phi) is 3.97. The minimum absolute atomic E-state index is 0.0462. The van der Waals surface area contributed by atoms with Gasteiger partial charge in [-0.15, -0.1) is 11.3 Å². The molecule has 1 aromatic carbocycles. The number of hydrazone groups is 1. The second-order valence-corrected chi connectivity index (χ2v) is 7.03. The fourth-order valence-electron chi connectivity index (χ4n) is 3.02. The second-order valence-electron chi connectivity index (χ2n) is 6.08. The summed E-state index contributed by atoms with van der Waals surface area (Å²) < 4.78 is 3.11. The number of hydrogen-bond donors (Lipinski definition) is 0. The van der Waals surface area contributed by atoms with Crippen LogP contribution >= 0.6 is 11.3 Å². The number of thiophene rings is 1. The molecule has 3 aromatic rings. The minimum atomic E-state index is -0.157. The zero-order chi connectivity index (χ0) is 17.4. The lowest BCUT2D eigenvalue weighted by Crippen LogP contribution is -2.28. The number of ketones is 1. The lowest BCUT2D eigenvalue weighted by Gasteiger charge is -2.15. The number of Topliss-reactive ketones (excluding diaryl/α,β-unsaturated/α-hetero) is 1. The van der Waals surface area contributed by atoms with E-state index < -0.39 is 0 Å². The number of carbonyl (C=O) groups is 2. The Morgan fingerprint density at radius 1 is 1.24 bits per heavy atom. The third-order valence-electron chi connectivity index (χ3n) is 4.31. The lowest BCUT2D eigenvalue weighted by atomic mass is 10.1. The number of amides is 1. The van der Waals surface area contributed by atoms with Crippen molar-refractivity contribution in [3.63, 3.8) is 0 Å². The maximum Gasteiger partial charge on any atom is 0.290 e. The highest BCUT2D eigenvalue weighted by Crippen LogP contribution is 2.28. The summed E-state index contributed by atoms with van der Waals surface area (Å²) in [7, 11) is 0. The Bertz CT molecular complexity index is 985. The molecule has 126 valence electrons. The smallest absolute Gasteiger partial charge is 0.290 e. The van der Waals surface area contributed by atoms with E-state index in [0.717, 1.165) is 21.5 Å². The van der Waals surface area contributed by atoms with E-state index in [1.54, 1.807) is 11.3 Å². The van der Waals surface area contributed by atoms with Crippen LogP contribution in [0, 0.1) is 0 Å². The number of nitrogens with zero attached hydrogens (tertiary/aromatic N) is 3. The first-order chi connectivity index (χ1) is 12.1. The maximum absolute atomic E-state index is 13.0. The van der Waals surface area contributed by atoms with E-state index in [-0.39, 0.29) is 11.7 Å². The molecule has 1 aliphatic rings. The van der Waals surface area contributed by atoms with E-state index in [1.165, 1.54) is 11.9 Å². The van der Waals surface area contributed by atoms with Crippen LogP contribution in [0.5, 0.6) is 0 Å². The molecular weight excluding hydrogens is 334 g/mol. The molecule has 4 rings (SSSR count). The van der Waals surface area contributed by atoms with Crippen molar-refractivity contribution in [3.05, 3.63) is 59.1 Å². The fraction of sp³-hybridized carbons (Fsp3) is 0.211. The third kappa shape index (κ3) is 2.89. The molecule has 0 spiro atoms. The van der Waals surface area contributed by atoms with Crippen LogP contribution < -0.4 is 0 Å². The largest absolute Gasteiger partial charge is 0.330 e. The van der Waals surface area contributed by atoms with Gasteiger partial charge in [0.05, 0.1) is 29.0 Å². The summed E-state index contributed by atoms with van der Waals surface area (Å²) >= 11 is 1.62. The highest BCUT2D eigenvalue weighted by atomic mass is 32.1. The standard InChI is InChI=1S/C19H17N3O2S/c1-13(23)7-9-22-19(24)17-11-18-16(8-10-25-18)21(17)12-15(20-22)14-5-3-2-4-6-14/h2-6,8,10-11H,7,9,12H2,1H3. The number of hydrogen-bond acceptors (Lipinski definition) is 4. The number of benzene rings is 1. The van der Waals surface area contributed by atoms with Gasteiger partial charge in [0.2, 0.25) is 0 Å². The van der Waals surface area contributed by atoms with Gasteiger partial charge in [-0.3, -0.25) is 9.59 Å². The van der Waals surface area contributed by atoms with Crippen molar-refractivity contribution in [3.8, 4) is 0 Å². The minimum Gasteiger partial charge on any atom is -0.330 e. The summed E-state index contributed by atoms with van der Waals surface area (Å²) in [6.07, 6.45) is 0.298. The van der Waals surface area contributed by atoms with Crippen LogP contribution in [-0.2, 0) is 11.3 Å². The second kappa shape index (κ2) is 6.29. The van der Waals surface area contributed by atoms with Crippen molar-refractivity contribution in [2.45, 2.75) is 19.9 Å². The van der Waals surface area contributed by atoms with E-state index in [9.17, 15) is 9.59 Å². The van der Waals surface area contributed by atoms with Crippen LogP contribution in [0.1, 0.15) is 29.4 Å². The highest BCUT2D eigenvalue weighted by molar-refractivity contribution is 7.17. The van der Waals surface area contributed by atoms with Gasteiger partial charge in [0.15, 0.2) is 0 Å². The number of rotatable bonds is 4. The number of aromatic nitrogens is 1. The van der Waals surface area contributed by atoms with E-state index >= 15 is 0 Å². The molecule has 5 nitrogen and oxygen atoms in total. The van der Waals surface area contributed by atoms with E-state index in [2.05, 4.69) is 5.10 Å². The maximum atomic E-state index is 13.0. The molecule has 1 aliphatic heterocycles. The predicted octanol–water partition coefficient (Wildman–Crippen LogP) is 3.54. The summed E-state index contributed by atoms with van der Waals surface area (Å²) in [5, 5.41) is 8.07. The Morgan fingerprint density at radius 2 is 2.04 bits per heavy atom. The fourth-order valence-corrected chi connectivity index (χ4v) is 3.85. The summed E-state index contributed by atoms with van der Waals surface area (Å²) in [5.74, 6) is -0.111. The SMILES string of the molecule is CC(=O)CCN1N=C(c2ccccc2)Cn2c(cc3sccc32)C1=O. The van der Waals surface area contributed by atoms with Crippen LogP contribution in [-0.4, -0.2) is 33.5 Å². The third-order valence-corrected chi connectivity index (χ3v) is 5.16. The molecule has 1 amide bonds. The van der Waals surface area contributed by atoms with Gasteiger partial charge in [0.1, 0.15) is 11.5 Å². The molecule has 3 heterocycles. The van der Waals surface area contributed by atoms with Gasteiger partial charge in [-0.05, 0) is 30.0 Å². The molecule has 6 heteroatoms. The van der Waals surface area contributed by atoms with Crippen molar-refractivity contribution < 1.29 is 9.59 Å². The van der Waals surface area contributed by atoms with Gasteiger partial charge in [0, 0.05) is 6.42 Å². The summed E-state index contributed by atoms with van der Waals surface area (Å²) in [4.78, 5) is 24.4. The van der Waals surface area contributed by atoms with Gasteiger partial charge in [-0.25, -0.2) is 5.01 Å². The van der Waals surface area contributed by atoms with Gasteiger partial charge in [0.25, 0.3) is 5.91 Å². The average molecular weight is 351 g/mol. The Hall–Kier alpha value is -2.73. The molecule has 0 bridgehead atoms. The van der Waals surface area contributed by atoms with Crippen molar-refractivity contribution in [1.82, 2.24) is 9.58 Å². The normalized spacial score (nSPS) is 14.4. The van der Waals surface area contributed by atoms with E-state index in [4.69, 9.17) is 0 Å². The molecule has 0 N–H and O–H groups in total. The Labute approximate surface area is 149 Å². The topological polar surface area (TPSA) is 54.7 Å². The molecular formula is C19H17N3O2S. The van der Waals surface area contributed by atoms with Crippen LogP contribution in [0.4, 0.5) is 0 Å². The molecule has 0 aliphatic carbocycles. The van der Waals surface area contributed by atoms with Crippen molar-refractivity contribution >= 4 is 39.0 Å². The first-order valence-corrected chi connectivity index (χ1v) is 9.02. The van der Waals surface area contributed by atoms with Gasteiger partial charge >= 0.3 is 0 Å². The van der Waals surface area contributed by atoms with Gasteiger partial charge < -0.3 is 4.57 Å². The number of fused-ring (bicyclic) bond motifs is 3. The molecule has 0 unspecified atom stereocenters. The zero-order valence-corrected chi connectivity index (χ0v) is 14.6. The van der Waals surface area contributed by atoms with Crippen LogP contribution in [0.25, 0.3) is 10.2 Å². The molecule has 0 saturated carbocycles. The zero-order valence-electron chi connectivity index (χ0n) is 13.8. The first-order valence-electron chi connectivity index (χ1n) is 8.14. The monoisotopic (exact) mass is 351 g/mol. The van der Waals surface area contributed by atoms with Gasteiger partial charge in [-0.2, -0.15) is 5.10 Å². The first kappa shape index (κ1) is 15.8. The van der Waals surface area contributed by atoms with Crippen molar-refractivity contribution in [2.24, 2.45) is 5.10 Å². The molecule has 2 aromatic heterocycles. The average Bonchev–Trinajstić information content (AvgIpc) is 3.16. The highest BCUT2D eigenvalue weighted by Gasteiger charge is 2.26. The quantitative estimate of drug-likeness (QED) is 0.722. The molecule has 0 atom stereocenters. The lowest BCUT2D eigenvalue weighted by molar-refractivity contribution is -0.117. The Morgan fingerprint density at radius 3 is 2.80 bits per heavy atom. The molecule has 25 heavy (non-hydrogen) atoms. The van der Waals surface area contributed by atoms with Crippen LogP contribution in [0.15, 0.2) is 52.9 Å². The van der Waals surface area contributed by atoms with Crippen molar-refractivity contribution in [1.29, 1.82) is 0 Å². The van der Waals surface area contributed by atoms with Crippen LogP contribution in [0.2, 0.25) is 0 Å². The van der Waals surface area contributed by atoms with Gasteiger partial charge in [-0.1, -0.05) is 30.3 Å². The molecule has 0 fully saturated rings. The van der Waals surface area contributed by atoms with E-state index in [0.29, 0.717) is 25.2 Å². The summed E-state index contributed by atoms with van der Waals surface area (Å²) in [6, 6.07) is 13.8. The number of carbonyl (C=O) groups excluding carboxylic acids is 2. The Balaban J connectivity index is 1.83.